The van der Waals surface area contributed by atoms with E-state index < -0.39 is 9.84 Å². The zero-order valence-electron chi connectivity index (χ0n) is 11.1. The zero-order valence-corrected chi connectivity index (χ0v) is 13.6. The van der Waals surface area contributed by atoms with Gasteiger partial charge in [0.2, 0.25) is 0 Å². The second kappa shape index (κ2) is 6.62. The summed E-state index contributed by atoms with van der Waals surface area (Å²) in [5.74, 6) is 0.413. The van der Waals surface area contributed by atoms with Crippen molar-refractivity contribution in [3.8, 4) is 0 Å². The van der Waals surface area contributed by atoms with E-state index in [1.54, 1.807) is 0 Å². The normalized spacial score (nSPS) is 11.5. The maximum absolute atomic E-state index is 11.9. The van der Waals surface area contributed by atoms with Crippen LogP contribution in [0, 0.1) is 0 Å². The largest absolute Gasteiger partial charge is 0.396 e. The van der Waals surface area contributed by atoms with E-state index in [1.807, 2.05) is 13.8 Å². The van der Waals surface area contributed by atoms with Crippen LogP contribution in [0.1, 0.15) is 29.9 Å². The average Bonchev–Trinajstić information content (AvgIpc) is 2.63. The van der Waals surface area contributed by atoms with Crippen molar-refractivity contribution >= 4 is 44.5 Å². The van der Waals surface area contributed by atoms with E-state index in [1.165, 1.54) is 11.8 Å². The van der Waals surface area contributed by atoms with E-state index in [9.17, 15) is 13.2 Å². The molecule has 1 heterocycles. The predicted molar refractivity (Wildman–Crippen MR) is 80.9 cm³/mol. The predicted octanol–water partition coefficient (Wildman–Crippen LogP) is 1.99. The Morgan fingerprint density at radius 2 is 2.05 bits per heavy atom. The van der Waals surface area contributed by atoms with Gasteiger partial charge in [0.15, 0.2) is 9.84 Å². The average molecular weight is 322 g/mol. The van der Waals surface area contributed by atoms with Crippen LogP contribution in [0.2, 0.25) is 0 Å². The van der Waals surface area contributed by atoms with Crippen molar-refractivity contribution in [1.29, 1.82) is 0 Å². The van der Waals surface area contributed by atoms with Crippen molar-refractivity contribution in [3.63, 3.8) is 0 Å². The number of nitrogens with one attached hydrogen (secondary N) is 1. The van der Waals surface area contributed by atoms with Gasteiger partial charge in [0.1, 0.15) is 9.77 Å². The third-order valence-corrected chi connectivity index (χ3v) is 6.04. The van der Waals surface area contributed by atoms with Gasteiger partial charge in [-0.2, -0.15) is 0 Å². The molecule has 1 aromatic rings. The standard InChI is InChI=1S/C11H18N2O3S3/c1-4-6-13-10(14)8-7(12)9(19(3,15)16)11(18-8)17-5-2/h4-6,12H2,1-3H3,(H,13,14). The lowest BCUT2D eigenvalue weighted by Crippen LogP contribution is -2.24. The Kier molecular flexibility index (Phi) is 5.69. The quantitative estimate of drug-likeness (QED) is 0.782. The fraction of sp³-hybridized carbons (Fsp3) is 0.545. The molecule has 0 aliphatic carbocycles. The molecule has 1 rings (SSSR count). The molecule has 0 saturated carbocycles. The number of rotatable bonds is 6. The van der Waals surface area contributed by atoms with Crippen LogP contribution in [0.5, 0.6) is 0 Å². The number of thioether (sulfide) groups is 1. The third kappa shape index (κ3) is 3.87. The number of amides is 1. The number of carbonyl (C=O) groups is 1. The van der Waals surface area contributed by atoms with E-state index in [-0.39, 0.29) is 21.4 Å². The van der Waals surface area contributed by atoms with Gasteiger partial charge in [-0.25, -0.2) is 8.42 Å². The number of carbonyl (C=O) groups excluding carboxylic acids is 1. The van der Waals surface area contributed by atoms with Gasteiger partial charge in [-0.1, -0.05) is 13.8 Å². The Bertz CT molecular complexity index is 564. The maximum Gasteiger partial charge on any atom is 0.263 e. The number of thiophene rings is 1. The van der Waals surface area contributed by atoms with E-state index in [2.05, 4.69) is 5.32 Å². The van der Waals surface area contributed by atoms with Crippen LogP contribution in [-0.4, -0.2) is 32.9 Å². The second-order valence-corrected chi connectivity index (χ2v) is 8.43. The lowest BCUT2D eigenvalue weighted by atomic mass is 10.3. The Labute approximate surface area is 121 Å². The number of anilines is 1. The Hall–Kier alpha value is -0.730. The summed E-state index contributed by atoms with van der Waals surface area (Å²) in [7, 11) is -3.43. The third-order valence-electron chi connectivity index (χ3n) is 2.26. The molecular weight excluding hydrogens is 304 g/mol. The molecule has 1 amide bonds. The number of nitrogens with two attached hydrogens (primary N) is 1. The maximum atomic E-state index is 11.9. The molecule has 1 aromatic heterocycles. The van der Waals surface area contributed by atoms with Crippen molar-refractivity contribution in [2.45, 2.75) is 29.4 Å². The zero-order chi connectivity index (χ0) is 14.6. The molecule has 0 bridgehead atoms. The molecule has 8 heteroatoms. The Morgan fingerprint density at radius 1 is 1.42 bits per heavy atom. The molecule has 0 fully saturated rings. The highest BCUT2D eigenvalue weighted by Crippen LogP contribution is 2.41. The minimum atomic E-state index is -3.43. The highest BCUT2D eigenvalue weighted by Gasteiger charge is 2.26. The van der Waals surface area contributed by atoms with Gasteiger partial charge in [0.05, 0.1) is 9.90 Å². The van der Waals surface area contributed by atoms with Crippen LogP contribution in [0.25, 0.3) is 0 Å². The first-order valence-corrected chi connectivity index (χ1v) is 9.55. The monoisotopic (exact) mass is 322 g/mol. The van der Waals surface area contributed by atoms with E-state index in [0.29, 0.717) is 10.8 Å². The highest BCUT2D eigenvalue weighted by molar-refractivity contribution is 8.02. The SMILES string of the molecule is CCCNC(=O)c1sc(SCC)c(S(C)(=O)=O)c1N. The van der Waals surface area contributed by atoms with Gasteiger partial charge in [0, 0.05) is 12.8 Å². The molecule has 0 aliphatic heterocycles. The molecule has 19 heavy (non-hydrogen) atoms. The molecule has 0 radical (unpaired) electrons. The molecule has 0 unspecified atom stereocenters. The Balaban J connectivity index is 3.26. The van der Waals surface area contributed by atoms with Crippen LogP contribution in [0.3, 0.4) is 0 Å². The molecular formula is C11H18N2O3S3. The number of hydrogen-bond donors (Lipinski definition) is 2. The molecule has 3 N–H and O–H groups in total. The molecule has 0 spiro atoms. The van der Waals surface area contributed by atoms with Crippen LogP contribution < -0.4 is 11.1 Å². The minimum Gasteiger partial charge on any atom is -0.396 e. The first-order valence-electron chi connectivity index (χ1n) is 5.86. The fourth-order valence-electron chi connectivity index (χ4n) is 1.47. The first-order chi connectivity index (χ1) is 8.82. The molecule has 0 atom stereocenters. The summed E-state index contributed by atoms with van der Waals surface area (Å²) in [6.45, 7) is 4.41. The van der Waals surface area contributed by atoms with Crippen LogP contribution in [0.4, 0.5) is 5.69 Å². The van der Waals surface area contributed by atoms with Gasteiger partial charge in [0.25, 0.3) is 5.91 Å². The summed E-state index contributed by atoms with van der Waals surface area (Å²) in [5.41, 5.74) is 5.92. The lowest BCUT2D eigenvalue weighted by Gasteiger charge is -2.02. The van der Waals surface area contributed by atoms with Gasteiger partial charge in [-0.3, -0.25) is 4.79 Å². The summed E-state index contributed by atoms with van der Waals surface area (Å²) < 4.78 is 24.1. The number of sulfone groups is 1. The molecule has 0 aromatic carbocycles. The van der Waals surface area contributed by atoms with E-state index in [0.717, 1.165) is 29.8 Å². The molecule has 0 aliphatic rings. The summed E-state index contributed by atoms with van der Waals surface area (Å²) in [5, 5.41) is 2.71. The van der Waals surface area contributed by atoms with E-state index >= 15 is 0 Å². The summed E-state index contributed by atoms with van der Waals surface area (Å²) in [4.78, 5) is 12.3. The summed E-state index contributed by atoms with van der Waals surface area (Å²) in [6, 6.07) is 0. The first kappa shape index (κ1) is 16.3. The van der Waals surface area contributed by atoms with Crippen LogP contribution >= 0.6 is 23.1 Å². The van der Waals surface area contributed by atoms with Crippen molar-refractivity contribution in [2.24, 2.45) is 0 Å². The van der Waals surface area contributed by atoms with Crippen LogP contribution in [0.15, 0.2) is 9.10 Å². The van der Waals surface area contributed by atoms with E-state index in [4.69, 9.17) is 5.73 Å². The smallest absolute Gasteiger partial charge is 0.263 e. The van der Waals surface area contributed by atoms with Gasteiger partial charge < -0.3 is 11.1 Å². The van der Waals surface area contributed by atoms with Gasteiger partial charge in [-0.05, 0) is 12.2 Å². The molecule has 108 valence electrons. The van der Waals surface area contributed by atoms with Crippen molar-refractivity contribution in [3.05, 3.63) is 4.88 Å². The fourth-order valence-corrected chi connectivity index (χ4v) is 5.66. The Morgan fingerprint density at radius 3 is 2.53 bits per heavy atom. The van der Waals surface area contributed by atoms with Crippen molar-refractivity contribution < 1.29 is 13.2 Å². The highest BCUT2D eigenvalue weighted by atomic mass is 32.2. The lowest BCUT2D eigenvalue weighted by molar-refractivity contribution is 0.0958. The van der Waals surface area contributed by atoms with Gasteiger partial charge >= 0.3 is 0 Å². The summed E-state index contributed by atoms with van der Waals surface area (Å²) in [6.07, 6.45) is 1.92. The van der Waals surface area contributed by atoms with Crippen molar-refractivity contribution in [1.82, 2.24) is 5.32 Å². The number of hydrogen-bond acceptors (Lipinski definition) is 6. The second-order valence-electron chi connectivity index (χ2n) is 3.92. The number of nitrogen functional groups attached to an aromatic ring is 1. The molecule has 5 nitrogen and oxygen atoms in total. The molecule has 0 saturated heterocycles. The minimum absolute atomic E-state index is 0.0667. The topological polar surface area (TPSA) is 89.3 Å². The van der Waals surface area contributed by atoms with Crippen molar-refractivity contribution in [2.75, 3.05) is 24.3 Å². The van der Waals surface area contributed by atoms with Gasteiger partial charge in [-0.15, -0.1) is 23.1 Å². The van der Waals surface area contributed by atoms with Crippen LogP contribution in [-0.2, 0) is 9.84 Å². The summed E-state index contributed by atoms with van der Waals surface area (Å²) >= 11 is 2.53.